The zero-order valence-corrected chi connectivity index (χ0v) is 12.8. The van der Waals surface area contributed by atoms with Gasteiger partial charge in [0.25, 0.3) is 5.69 Å². The first kappa shape index (κ1) is 16.0. The number of aromatic nitrogens is 1. The summed E-state index contributed by atoms with van der Waals surface area (Å²) in [7, 11) is 0. The molecule has 0 spiro atoms. The standard InChI is InChI=1S/C17H21N3O2/c1-12(2)13-6-8-14(9-7-13)15(18)11-19-17(21)16-5-3-4-10-20(16)22/h3-10,12,15H,11,18H2,1-2H3,(H,19,21). The fourth-order valence-corrected chi connectivity index (χ4v) is 2.14. The third kappa shape index (κ3) is 3.83. The summed E-state index contributed by atoms with van der Waals surface area (Å²) in [6.45, 7) is 4.54. The molecule has 0 aliphatic carbocycles. The first-order valence-corrected chi connectivity index (χ1v) is 7.31. The van der Waals surface area contributed by atoms with Crippen LogP contribution in [0.2, 0.25) is 0 Å². The first-order chi connectivity index (χ1) is 10.5. The molecule has 0 saturated carbocycles. The lowest BCUT2D eigenvalue weighted by atomic mass is 9.99. The molecular formula is C17H21N3O2. The fraction of sp³-hybridized carbons (Fsp3) is 0.294. The molecule has 1 aromatic carbocycles. The monoisotopic (exact) mass is 299 g/mol. The van der Waals surface area contributed by atoms with E-state index in [2.05, 4.69) is 19.2 Å². The Labute approximate surface area is 130 Å². The third-order valence-corrected chi connectivity index (χ3v) is 3.57. The van der Waals surface area contributed by atoms with Crippen molar-refractivity contribution in [3.8, 4) is 0 Å². The molecular weight excluding hydrogens is 278 g/mol. The van der Waals surface area contributed by atoms with Crippen molar-refractivity contribution in [3.05, 3.63) is 70.7 Å². The Kier molecular flexibility index (Phi) is 5.12. The second kappa shape index (κ2) is 7.04. The highest BCUT2D eigenvalue weighted by atomic mass is 16.5. The molecule has 3 N–H and O–H groups in total. The maximum Gasteiger partial charge on any atom is 0.317 e. The molecule has 0 aliphatic rings. The number of nitrogens with two attached hydrogens (primary N) is 1. The van der Waals surface area contributed by atoms with E-state index in [0.717, 1.165) is 5.56 Å². The van der Waals surface area contributed by atoms with E-state index in [1.54, 1.807) is 12.1 Å². The van der Waals surface area contributed by atoms with Gasteiger partial charge in [0.2, 0.25) is 0 Å². The minimum absolute atomic E-state index is 0.0601. The summed E-state index contributed by atoms with van der Waals surface area (Å²) in [6.07, 6.45) is 1.29. The summed E-state index contributed by atoms with van der Waals surface area (Å²) in [4.78, 5) is 12.0. The Bertz CT molecular complexity index is 639. The summed E-state index contributed by atoms with van der Waals surface area (Å²) in [5.41, 5.74) is 8.34. The van der Waals surface area contributed by atoms with Crippen molar-refractivity contribution in [1.82, 2.24) is 5.32 Å². The SMILES string of the molecule is CC(C)c1ccc(C(N)CNC(=O)c2cccc[n+]2[O-])cc1. The van der Waals surface area contributed by atoms with Gasteiger partial charge in [-0.3, -0.25) is 4.79 Å². The summed E-state index contributed by atoms with van der Waals surface area (Å²) in [5, 5.41) is 14.2. The highest BCUT2D eigenvalue weighted by Gasteiger charge is 2.16. The number of nitrogens with one attached hydrogen (secondary N) is 1. The molecule has 2 rings (SSSR count). The summed E-state index contributed by atoms with van der Waals surface area (Å²) in [6, 6.07) is 12.4. The van der Waals surface area contributed by atoms with Crippen LogP contribution in [0.5, 0.6) is 0 Å². The van der Waals surface area contributed by atoms with Gasteiger partial charge in [-0.2, -0.15) is 4.73 Å². The van der Waals surface area contributed by atoms with Gasteiger partial charge in [0.05, 0.1) is 0 Å². The number of hydrogen-bond donors (Lipinski definition) is 2. The van der Waals surface area contributed by atoms with Gasteiger partial charge >= 0.3 is 5.91 Å². The van der Waals surface area contributed by atoms with Gasteiger partial charge in [0.15, 0.2) is 6.20 Å². The quantitative estimate of drug-likeness (QED) is 0.653. The van der Waals surface area contributed by atoms with Crippen molar-refractivity contribution in [2.24, 2.45) is 5.73 Å². The minimum atomic E-state index is -0.426. The molecule has 116 valence electrons. The van der Waals surface area contributed by atoms with Gasteiger partial charge < -0.3 is 16.3 Å². The van der Waals surface area contributed by atoms with Crippen LogP contribution in [0.3, 0.4) is 0 Å². The lowest BCUT2D eigenvalue weighted by Gasteiger charge is -2.14. The Morgan fingerprint density at radius 3 is 2.41 bits per heavy atom. The zero-order chi connectivity index (χ0) is 16.1. The number of nitrogens with zero attached hydrogens (tertiary/aromatic N) is 1. The van der Waals surface area contributed by atoms with Crippen molar-refractivity contribution in [1.29, 1.82) is 0 Å². The molecule has 5 nitrogen and oxygen atoms in total. The summed E-state index contributed by atoms with van der Waals surface area (Å²) in [5.74, 6) is 0.0420. The molecule has 1 unspecified atom stereocenters. The third-order valence-electron chi connectivity index (χ3n) is 3.57. The second-order valence-electron chi connectivity index (χ2n) is 5.55. The first-order valence-electron chi connectivity index (χ1n) is 7.31. The molecule has 1 heterocycles. The van der Waals surface area contributed by atoms with Gasteiger partial charge in [0, 0.05) is 24.7 Å². The molecule has 0 radical (unpaired) electrons. The van der Waals surface area contributed by atoms with Crippen LogP contribution >= 0.6 is 0 Å². The molecule has 0 saturated heterocycles. The highest BCUT2D eigenvalue weighted by Crippen LogP contribution is 2.17. The lowest BCUT2D eigenvalue weighted by molar-refractivity contribution is -0.607. The van der Waals surface area contributed by atoms with Crippen LogP contribution < -0.4 is 15.8 Å². The minimum Gasteiger partial charge on any atom is -0.618 e. The topological polar surface area (TPSA) is 82.1 Å². The molecule has 0 aliphatic heterocycles. The number of hydrogen-bond acceptors (Lipinski definition) is 3. The average molecular weight is 299 g/mol. The molecule has 0 bridgehead atoms. The van der Waals surface area contributed by atoms with E-state index in [4.69, 9.17) is 5.73 Å². The van der Waals surface area contributed by atoms with E-state index in [0.29, 0.717) is 10.6 Å². The van der Waals surface area contributed by atoms with Crippen molar-refractivity contribution in [2.45, 2.75) is 25.8 Å². The Hall–Kier alpha value is -2.40. The maximum atomic E-state index is 12.0. The smallest absolute Gasteiger partial charge is 0.317 e. The molecule has 22 heavy (non-hydrogen) atoms. The van der Waals surface area contributed by atoms with Crippen LogP contribution in [0.15, 0.2) is 48.7 Å². The van der Waals surface area contributed by atoms with Crippen LogP contribution in [0.1, 0.15) is 47.4 Å². The Balaban J connectivity index is 1.96. The van der Waals surface area contributed by atoms with E-state index in [9.17, 15) is 10.0 Å². The second-order valence-corrected chi connectivity index (χ2v) is 5.55. The van der Waals surface area contributed by atoms with E-state index in [1.165, 1.54) is 17.8 Å². The Morgan fingerprint density at radius 2 is 1.82 bits per heavy atom. The van der Waals surface area contributed by atoms with Crippen molar-refractivity contribution < 1.29 is 9.52 Å². The molecule has 2 aromatic rings. The number of amides is 1. The maximum absolute atomic E-state index is 12.0. The van der Waals surface area contributed by atoms with Crippen LogP contribution in [-0.2, 0) is 0 Å². The van der Waals surface area contributed by atoms with Crippen molar-refractivity contribution in [2.75, 3.05) is 6.54 Å². The molecule has 0 fully saturated rings. The summed E-state index contributed by atoms with van der Waals surface area (Å²) < 4.78 is 0.540. The molecule has 1 amide bonds. The average Bonchev–Trinajstić information content (AvgIpc) is 2.52. The highest BCUT2D eigenvalue weighted by molar-refractivity contribution is 5.90. The fourth-order valence-electron chi connectivity index (χ4n) is 2.14. The van der Waals surface area contributed by atoms with E-state index < -0.39 is 5.91 Å². The predicted molar refractivity (Wildman–Crippen MR) is 85.2 cm³/mol. The van der Waals surface area contributed by atoms with Crippen LogP contribution in [0.4, 0.5) is 0 Å². The van der Waals surface area contributed by atoms with E-state index in [1.807, 2.05) is 24.3 Å². The van der Waals surface area contributed by atoms with Crippen LogP contribution in [-0.4, -0.2) is 12.5 Å². The normalized spacial score (nSPS) is 12.2. The predicted octanol–water partition coefficient (Wildman–Crippen LogP) is 1.87. The molecule has 1 atom stereocenters. The largest absolute Gasteiger partial charge is 0.618 e. The van der Waals surface area contributed by atoms with Crippen molar-refractivity contribution in [3.63, 3.8) is 0 Å². The van der Waals surface area contributed by atoms with E-state index in [-0.39, 0.29) is 18.3 Å². The number of pyridine rings is 1. The summed E-state index contributed by atoms with van der Waals surface area (Å²) >= 11 is 0. The van der Waals surface area contributed by atoms with Gasteiger partial charge in [-0.05, 0) is 23.1 Å². The number of benzene rings is 1. The van der Waals surface area contributed by atoms with Gasteiger partial charge in [-0.1, -0.05) is 38.1 Å². The van der Waals surface area contributed by atoms with Gasteiger partial charge in [-0.25, -0.2) is 0 Å². The number of carbonyl (C=O) groups is 1. The number of rotatable bonds is 5. The van der Waals surface area contributed by atoms with Gasteiger partial charge in [0.1, 0.15) is 0 Å². The van der Waals surface area contributed by atoms with Crippen LogP contribution in [0.25, 0.3) is 0 Å². The Morgan fingerprint density at radius 1 is 1.18 bits per heavy atom. The van der Waals surface area contributed by atoms with E-state index >= 15 is 0 Å². The van der Waals surface area contributed by atoms with Gasteiger partial charge in [-0.15, -0.1) is 0 Å². The lowest BCUT2D eigenvalue weighted by Crippen LogP contribution is -2.41. The van der Waals surface area contributed by atoms with Crippen LogP contribution in [0, 0.1) is 5.21 Å². The molecule has 5 heteroatoms. The number of carbonyl (C=O) groups excluding carboxylic acids is 1. The zero-order valence-electron chi connectivity index (χ0n) is 12.8. The molecule has 1 aromatic heterocycles. The van der Waals surface area contributed by atoms with Crippen molar-refractivity contribution >= 4 is 5.91 Å².